The molecule has 0 unspecified atom stereocenters. The summed E-state index contributed by atoms with van der Waals surface area (Å²) in [6.45, 7) is 0. The van der Waals surface area contributed by atoms with E-state index in [2.05, 4.69) is 5.16 Å². The summed E-state index contributed by atoms with van der Waals surface area (Å²) in [6.07, 6.45) is 0. The number of methoxy groups -OCH3 is 3. The number of nitrogens with zero attached hydrogens (tertiary/aromatic N) is 1. The third-order valence-corrected chi connectivity index (χ3v) is 2.49. The van der Waals surface area contributed by atoms with Gasteiger partial charge in [0.2, 0.25) is 0 Å². The van der Waals surface area contributed by atoms with E-state index >= 15 is 0 Å². The van der Waals surface area contributed by atoms with Crippen LogP contribution in [-0.2, 0) is 0 Å². The molecule has 0 bridgehead atoms. The van der Waals surface area contributed by atoms with Crippen molar-refractivity contribution < 1.29 is 18.7 Å². The van der Waals surface area contributed by atoms with Crippen LogP contribution < -0.4 is 19.9 Å². The van der Waals surface area contributed by atoms with Crippen molar-refractivity contribution in [2.24, 2.45) is 0 Å². The topological polar surface area (TPSA) is 79.7 Å². The SMILES string of the molecule is COc1cc(OC)c(-c2cc(N)no2)c(OC)c1. The van der Waals surface area contributed by atoms with Crippen LogP contribution in [0.1, 0.15) is 0 Å². The Kier molecular flexibility index (Phi) is 3.27. The quantitative estimate of drug-likeness (QED) is 0.893. The number of hydrogen-bond acceptors (Lipinski definition) is 6. The van der Waals surface area contributed by atoms with Crippen molar-refractivity contribution in [2.75, 3.05) is 27.1 Å². The number of benzene rings is 1. The highest BCUT2D eigenvalue weighted by Gasteiger charge is 2.18. The van der Waals surface area contributed by atoms with E-state index in [4.69, 9.17) is 24.5 Å². The summed E-state index contributed by atoms with van der Waals surface area (Å²) in [5.74, 6) is 2.51. The maximum Gasteiger partial charge on any atom is 0.176 e. The van der Waals surface area contributed by atoms with Gasteiger partial charge in [0, 0.05) is 18.2 Å². The van der Waals surface area contributed by atoms with Gasteiger partial charge in [0.05, 0.1) is 21.3 Å². The zero-order chi connectivity index (χ0) is 13.1. The fraction of sp³-hybridized carbons (Fsp3) is 0.250. The minimum Gasteiger partial charge on any atom is -0.496 e. The zero-order valence-corrected chi connectivity index (χ0v) is 10.4. The van der Waals surface area contributed by atoms with Crippen LogP contribution in [0, 0.1) is 0 Å². The van der Waals surface area contributed by atoms with Gasteiger partial charge in [-0.05, 0) is 0 Å². The van der Waals surface area contributed by atoms with E-state index in [-0.39, 0.29) is 0 Å². The molecule has 0 saturated heterocycles. The van der Waals surface area contributed by atoms with Crippen LogP contribution in [0.4, 0.5) is 5.82 Å². The second-order valence-corrected chi connectivity index (χ2v) is 3.52. The van der Waals surface area contributed by atoms with E-state index in [0.717, 1.165) is 0 Å². The van der Waals surface area contributed by atoms with Crippen molar-refractivity contribution in [3.63, 3.8) is 0 Å². The predicted octanol–water partition coefficient (Wildman–Crippen LogP) is 1.95. The second-order valence-electron chi connectivity index (χ2n) is 3.52. The van der Waals surface area contributed by atoms with Crippen LogP contribution in [0.5, 0.6) is 17.2 Å². The molecule has 0 aliphatic heterocycles. The Morgan fingerprint density at radius 1 is 1.00 bits per heavy atom. The Bertz CT molecular complexity index is 526. The summed E-state index contributed by atoms with van der Waals surface area (Å²) in [6, 6.07) is 5.07. The average molecular weight is 250 g/mol. The van der Waals surface area contributed by atoms with E-state index in [1.807, 2.05) is 0 Å². The summed E-state index contributed by atoms with van der Waals surface area (Å²) >= 11 is 0. The Labute approximate surface area is 104 Å². The van der Waals surface area contributed by atoms with Crippen LogP contribution in [0.3, 0.4) is 0 Å². The first-order valence-electron chi connectivity index (χ1n) is 5.22. The molecule has 6 nitrogen and oxygen atoms in total. The standard InChI is InChI=1S/C12H14N2O4/c1-15-7-4-8(16-2)12(9(5-7)17-3)10-6-11(13)14-18-10/h4-6H,1-3H3,(H2,13,14). The lowest BCUT2D eigenvalue weighted by molar-refractivity contribution is 0.372. The summed E-state index contributed by atoms with van der Waals surface area (Å²) in [7, 11) is 4.68. The van der Waals surface area contributed by atoms with Crippen LogP contribution in [-0.4, -0.2) is 26.5 Å². The van der Waals surface area contributed by atoms with Crippen molar-refractivity contribution in [1.82, 2.24) is 5.16 Å². The van der Waals surface area contributed by atoms with Crippen molar-refractivity contribution in [2.45, 2.75) is 0 Å². The summed E-state index contributed by atoms with van der Waals surface area (Å²) in [5, 5.41) is 3.65. The molecule has 18 heavy (non-hydrogen) atoms. The lowest BCUT2D eigenvalue weighted by Crippen LogP contribution is -1.94. The number of aromatic nitrogens is 1. The number of anilines is 1. The lowest BCUT2D eigenvalue weighted by Gasteiger charge is -2.12. The number of hydrogen-bond donors (Lipinski definition) is 1. The van der Waals surface area contributed by atoms with Crippen LogP contribution in [0.25, 0.3) is 11.3 Å². The molecule has 0 radical (unpaired) electrons. The first-order chi connectivity index (χ1) is 8.69. The minimum atomic E-state index is 0.296. The molecule has 1 aromatic heterocycles. The van der Waals surface area contributed by atoms with E-state index in [9.17, 15) is 0 Å². The Morgan fingerprint density at radius 3 is 2.00 bits per heavy atom. The fourth-order valence-electron chi connectivity index (χ4n) is 1.66. The van der Waals surface area contributed by atoms with Gasteiger partial charge in [0.1, 0.15) is 22.8 Å². The largest absolute Gasteiger partial charge is 0.496 e. The van der Waals surface area contributed by atoms with E-state index in [1.165, 1.54) is 0 Å². The molecule has 1 aromatic carbocycles. The van der Waals surface area contributed by atoms with Gasteiger partial charge >= 0.3 is 0 Å². The molecule has 0 aliphatic rings. The summed E-state index contributed by atoms with van der Waals surface area (Å²) < 4.78 is 20.9. The molecule has 0 fully saturated rings. The normalized spacial score (nSPS) is 10.2. The molecule has 0 saturated carbocycles. The molecule has 0 atom stereocenters. The molecule has 0 spiro atoms. The number of nitrogen functional groups attached to an aromatic ring is 1. The monoisotopic (exact) mass is 250 g/mol. The molecule has 0 amide bonds. The van der Waals surface area contributed by atoms with Gasteiger partial charge < -0.3 is 24.5 Å². The van der Waals surface area contributed by atoms with Gasteiger partial charge in [-0.25, -0.2) is 0 Å². The zero-order valence-electron chi connectivity index (χ0n) is 10.4. The summed E-state index contributed by atoms with van der Waals surface area (Å²) in [5.41, 5.74) is 6.19. The van der Waals surface area contributed by atoms with Crippen LogP contribution in [0.2, 0.25) is 0 Å². The maximum absolute atomic E-state index is 5.54. The van der Waals surface area contributed by atoms with Gasteiger partial charge in [-0.15, -0.1) is 0 Å². The molecule has 0 aliphatic carbocycles. The highest BCUT2D eigenvalue weighted by molar-refractivity contribution is 5.75. The van der Waals surface area contributed by atoms with Crippen molar-refractivity contribution in [1.29, 1.82) is 0 Å². The third kappa shape index (κ3) is 2.04. The average Bonchev–Trinajstić information content (AvgIpc) is 2.83. The van der Waals surface area contributed by atoms with Crippen molar-refractivity contribution in [3.8, 4) is 28.6 Å². The highest BCUT2D eigenvalue weighted by atomic mass is 16.5. The number of nitrogens with two attached hydrogens (primary N) is 1. The maximum atomic E-state index is 5.54. The van der Waals surface area contributed by atoms with Crippen molar-refractivity contribution >= 4 is 5.82 Å². The molecule has 6 heteroatoms. The first kappa shape index (κ1) is 12.1. The second kappa shape index (κ2) is 4.87. The molecule has 2 rings (SSSR count). The molecule has 2 N–H and O–H groups in total. The van der Waals surface area contributed by atoms with Gasteiger partial charge in [0.25, 0.3) is 0 Å². The van der Waals surface area contributed by atoms with Gasteiger partial charge in [-0.3, -0.25) is 0 Å². The highest BCUT2D eigenvalue weighted by Crippen LogP contribution is 2.42. The number of rotatable bonds is 4. The third-order valence-electron chi connectivity index (χ3n) is 2.49. The van der Waals surface area contributed by atoms with Gasteiger partial charge in [-0.1, -0.05) is 5.16 Å². The van der Waals surface area contributed by atoms with Gasteiger partial charge in [-0.2, -0.15) is 0 Å². The Hall–Kier alpha value is -2.37. The predicted molar refractivity (Wildman–Crippen MR) is 66.0 cm³/mol. The van der Waals surface area contributed by atoms with E-state index in [0.29, 0.717) is 34.4 Å². The fourth-order valence-corrected chi connectivity index (χ4v) is 1.66. The molecular weight excluding hydrogens is 236 g/mol. The smallest absolute Gasteiger partial charge is 0.176 e. The molecule has 96 valence electrons. The molecular formula is C12H14N2O4. The van der Waals surface area contributed by atoms with Crippen LogP contribution in [0.15, 0.2) is 22.7 Å². The van der Waals surface area contributed by atoms with Crippen molar-refractivity contribution in [3.05, 3.63) is 18.2 Å². The lowest BCUT2D eigenvalue weighted by atomic mass is 10.1. The van der Waals surface area contributed by atoms with E-state index < -0.39 is 0 Å². The van der Waals surface area contributed by atoms with E-state index in [1.54, 1.807) is 39.5 Å². The number of ether oxygens (including phenoxy) is 3. The van der Waals surface area contributed by atoms with Crippen LogP contribution >= 0.6 is 0 Å². The molecule has 2 aromatic rings. The Morgan fingerprint density at radius 2 is 1.61 bits per heavy atom. The molecule has 1 heterocycles. The minimum absolute atomic E-state index is 0.296. The summed E-state index contributed by atoms with van der Waals surface area (Å²) in [4.78, 5) is 0. The Balaban J connectivity index is 2.63. The van der Waals surface area contributed by atoms with Gasteiger partial charge in [0.15, 0.2) is 11.6 Å². The first-order valence-corrected chi connectivity index (χ1v) is 5.22.